The van der Waals surface area contributed by atoms with Gasteiger partial charge in [0.2, 0.25) is 0 Å². The summed E-state index contributed by atoms with van der Waals surface area (Å²) in [5.74, 6) is -1.43. The molecule has 1 aliphatic rings. The Morgan fingerprint density at radius 3 is 2.40 bits per heavy atom. The molecule has 7 heteroatoms. The molecule has 3 rings (SSSR count). The fourth-order valence-corrected chi connectivity index (χ4v) is 4.32. The maximum atomic E-state index is 13.0. The molecule has 1 fully saturated rings. The highest BCUT2D eigenvalue weighted by molar-refractivity contribution is 9.10. The Labute approximate surface area is 190 Å². The van der Waals surface area contributed by atoms with Crippen LogP contribution in [-0.4, -0.2) is 47.9 Å². The first-order valence-electron chi connectivity index (χ1n) is 10.0. The van der Waals surface area contributed by atoms with E-state index in [9.17, 15) is 14.7 Å². The molecule has 1 aliphatic heterocycles. The average molecular weight is 493 g/mol. The van der Waals surface area contributed by atoms with Crippen LogP contribution >= 0.6 is 27.5 Å². The standard InChI is InChI=1S/C23H24BrClN2O3/c1-3-26(4-2)12-13-27-20(16-6-5-7-17(24)14-16)19(22(29)23(27)30)21(28)15-8-10-18(25)11-9-15/h5-11,14,20,28H,3-4,12-13H2,1-2H3/p+1/t20-/m0/s1. The molecule has 0 saturated carbocycles. The smallest absolute Gasteiger partial charge is 0.295 e. The number of rotatable bonds is 7. The van der Waals surface area contributed by atoms with Gasteiger partial charge in [0, 0.05) is 15.1 Å². The van der Waals surface area contributed by atoms with Crippen LogP contribution in [0.4, 0.5) is 0 Å². The third-order valence-electron chi connectivity index (χ3n) is 5.53. The highest BCUT2D eigenvalue weighted by Gasteiger charge is 2.46. The van der Waals surface area contributed by atoms with Gasteiger partial charge in [-0.3, -0.25) is 9.59 Å². The van der Waals surface area contributed by atoms with Crippen LogP contribution in [-0.2, 0) is 9.59 Å². The molecule has 2 aromatic rings. The molecule has 1 saturated heterocycles. The zero-order valence-electron chi connectivity index (χ0n) is 17.0. The maximum absolute atomic E-state index is 13.0. The minimum atomic E-state index is -0.665. The number of halogens is 2. The van der Waals surface area contributed by atoms with Gasteiger partial charge in [-0.1, -0.05) is 39.7 Å². The van der Waals surface area contributed by atoms with Crippen molar-refractivity contribution in [2.75, 3.05) is 26.2 Å². The average Bonchev–Trinajstić information content (AvgIpc) is 2.99. The monoisotopic (exact) mass is 491 g/mol. The minimum absolute atomic E-state index is 0.106. The zero-order valence-corrected chi connectivity index (χ0v) is 19.3. The second-order valence-electron chi connectivity index (χ2n) is 7.26. The number of amides is 1. The lowest BCUT2D eigenvalue weighted by Crippen LogP contribution is -3.12. The molecule has 158 valence electrons. The topological polar surface area (TPSA) is 62.0 Å². The van der Waals surface area contributed by atoms with E-state index in [0.29, 0.717) is 17.1 Å². The lowest BCUT2D eigenvalue weighted by molar-refractivity contribution is -0.895. The number of nitrogens with zero attached hydrogens (tertiary/aromatic N) is 1. The molecule has 5 nitrogen and oxygen atoms in total. The van der Waals surface area contributed by atoms with Gasteiger partial charge >= 0.3 is 0 Å². The first-order valence-corrected chi connectivity index (χ1v) is 11.2. The van der Waals surface area contributed by atoms with Crippen molar-refractivity contribution in [1.29, 1.82) is 0 Å². The SMILES string of the molecule is CC[NH+](CC)CCN1C(=O)C(=O)C(=C(O)c2ccc(Cl)cc2)[C@@H]1c1cccc(Br)c1. The third kappa shape index (κ3) is 4.61. The van der Waals surface area contributed by atoms with E-state index in [1.807, 2.05) is 24.3 Å². The van der Waals surface area contributed by atoms with Crippen LogP contribution in [0.3, 0.4) is 0 Å². The fraction of sp³-hybridized carbons (Fsp3) is 0.304. The Hall–Kier alpha value is -2.15. The van der Waals surface area contributed by atoms with Crippen LogP contribution in [0.1, 0.15) is 31.0 Å². The molecular formula is C23H25BrClN2O3+. The number of carbonyl (C=O) groups is 2. The first kappa shape index (κ1) is 22.5. The molecular weight excluding hydrogens is 468 g/mol. The van der Waals surface area contributed by atoms with Crippen LogP contribution in [0.15, 0.2) is 58.6 Å². The highest BCUT2D eigenvalue weighted by Crippen LogP contribution is 2.39. The number of nitrogens with one attached hydrogen (secondary N) is 1. The number of carbonyl (C=O) groups excluding carboxylic acids is 2. The van der Waals surface area contributed by atoms with Crippen LogP contribution in [0.5, 0.6) is 0 Å². The molecule has 0 aliphatic carbocycles. The summed E-state index contributed by atoms with van der Waals surface area (Å²) in [5, 5.41) is 11.5. The summed E-state index contributed by atoms with van der Waals surface area (Å²) in [6, 6.07) is 13.4. The van der Waals surface area contributed by atoms with Gasteiger partial charge in [-0.15, -0.1) is 0 Å². The van der Waals surface area contributed by atoms with Crippen molar-refractivity contribution < 1.29 is 19.6 Å². The summed E-state index contributed by atoms with van der Waals surface area (Å²) in [7, 11) is 0. The Morgan fingerprint density at radius 2 is 1.80 bits per heavy atom. The number of quaternary nitrogens is 1. The number of aliphatic hydroxyl groups is 1. The van der Waals surface area contributed by atoms with Crippen molar-refractivity contribution >= 4 is 45.0 Å². The molecule has 0 radical (unpaired) electrons. The Kier molecular flexibility index (Phi) is 7.34. The van der Waals surface area contributed by atoms with Gasteiger partial charge in [0.1, 0.15) is 5.76 Å². The molecule has 0 aromatic heterocycles. The van der Waals surface area contributed by atoms with Gasteiger partial charge in [-0.05, 0) is 55.8 Å². The maximum Gasteiger partial charge on any atom is 0.295 e. The largest absolute Gasteiger partial charge is 0.507 e. The van der Waals surface area contributed by atoms with E-state index in [1.165, 1.54) is 4.90 Å². The number of aliphatic hydroxyl groups excluding tert-OH is 1. The third-order valence-corrected chi connectivity index (χ3v) is 6.27. The van der Waals surface area contributed by atoms with E-state index in [-0.39, 0.29) is 11.3 Å². The van der Waals surface area contributed by atoms with Crippen molar-refractivity contribution in [3.8, 4) is 0 Å². The lowest BCUT2D eigenvalue weighted by Gasteiger charge is -2.27. The molecule has 30 heavy (non-hydrogen) atoms. The predicted octanol–water partition coefficient (Wildman–Crippen LogP) is 3.45. The van der Waals surface area contributed by atoms with Crippen LogP contribution in [0.25, 0.3) is 5.76 Å². The fourth-order valence-electron chi connectivity index (χ4n) is 3.78. The van der Waals surface area contributed by atoms with Gasteiger partial charge in [0.15, 0.2) is 0 Å². The highest BCUT2D eigenvalue weighted by atomic mass is 79.9. The van der Waals surface area contributed by atoms with Crippen molar-refractivity contribution in [3.63, 3.8) is 0 Å². The van der Waals surface area contributed by atoms with Crippen LogP contribution in [0, 0.1) is 0 Å². The van der Waals surface area contributed by atoms with E-state index < -0.39 is 17.7 Å². The zero-order chi connectivity index (χ0) is 21.8. The molecule has 0 unspecified atom stereocenters. The number of likely N-dealkylation sites (tertiary alicyclic amines) is 1. The number of hydrogen-bond acceptors (Lipinski definition) is 3. The predicted molar refractivity (Wildman–Crippen MR) is 122 cm³/mol. The van der Waals surface area contributed by atoms with Crippen molar-refractivity contribution in [1.82, 2.24) is 4.90 Å². The Bertz CT molecular complexity index is 971. The van der Waals surface area contributed by atoms with Gasteiger partial charge in [0.05, 0.1) is 37.8 Å². The van der Waals surface area contributed by atoms with E-state index >= 15 is 0 Å². The van der Waals surface area contributed by atoms with Crippen molar-refractivity contribution in [2.45, 2.75) is 19.9 Å². The second-order valence-corrected chi connectivity index (χ2v) is 8.61. The molecule has 2 N–H and O–H groups in total. The number of benzene rings is 2. The van der Waals surface area contributed by atoms with Gasteiger partial charge in [-0.25, -0.2) is 0 Å². The quantitative estimate of drug-likeness (QED) is 0.354. The summed E-state index contributed by atoms with van der Waals surface area (Å²) in [6.45, 7) is 7.22. The molecule has 0 bridgehead atoms. The summed E-state index contributed by atoms with van der Waals surface area (Å²) >= 11 is 9.42. The molecule has 1 heterocycles. The summed E-state index contributed by atoms with van der Waals surface area (Å²) in [6.07, 6.45) is 0. The molecule has 2 aromatic carbocycles. The normalized spacial score (nSPS) is 18.4. The molecule has 1 amide bonds. The summed E-state index contributed by atoms with van der Waals surface area (Å²) in [4.78, 5) is 28.9. The molecule has 1 atom stereocenters. The second kappa shape index (κ2) is 9.77. The van der Waals surface area contributed by atoms with Gasteiger partial charge < -0.3 is 14.9 Å². The van der Waals surface area contributed by atoms with Gasteiger partial charge in [-0.2, -0.15) is 0 Å². The first-order chi connectivity index (χ1) is 14.4. The van der Waals surface area contributed by atoms with E-state index in [4.69, 9.17) is 11.6 Å². The van der Waals surface area contributed by atoms with Gasteiger partial charge in [0.25, 0.3) is 11.7 Å². The van der Waals surface area contributed by atoms with Crippen LogP contribution in [0.2, 0.25) is 5.02 Å². The number of likely N-dealkylation sites (N-methyl/N-ethyl adjacent to an activating group) is 1. The number of hydrogen-bond donors (Lipinski definition) is 2. The summed E-state index contributed by atoms with van der Waals surface area (Å²) in [5.41, 5.74) is 1.33. The number of ketones is 1. The van der Waals surface area contributed by atoms with E-state index in [2.05, 4.69) is 29.8 Å². The van der Waals surface area contributed by atoms with E-state index in [0.717, 1.165) is 29.7 Å². The lowest BCUT2D eigenvalue weighted by atomic mass is 9.95. The van der Waals surface area contributed by atoms with Crippen LogP contribution < -0.4 is 4.90 Å². The van der Waals surface area contributed by atoms with Crippen molar-refractivity contribution in [3.05, 3.63) is 74.7 Å². The van der Waals surface area contributed by atoms with Crippen molar-refractivity contribution in [2.24, 2.45) is 0 Å². The summed E-state index contributed by atoms with van der Waals surface area (Å²) < 4.78 is 0.839. The minimum Gasteiger partial charge on any atom is -0.507 e. The Balaban J connectivity index is 2.09. The molecule has 0 spiro atoms. The van der Waals surface area contributed by atoms with E-state index in [1.54, 1.807) is 29.2 Å². The Morgan fingerprint density at radius 1 is 1.13 bits per heavy atom. The number of Topliss-reactive ketones (excluding diaryl/α,β-unsaturated/α-hetero) is 1.